The van der Waals surface area contributed by atoms with Crippen LogP contribution in [0.1, 0.15) is 50.4 Å². The third-order valence-electron chi connectivity index (χ3n) is 6.03. The second-order valence-corrected chi connectivity index (χ2v) is 8.99. The molecule has 0 spiro atoms. The van der Waals surface area contributed by atoms with E-state index in [9.17, 15) is 18.4 Å². The first-order valence-corrected chi connectivity index (χ1v) is 11.0. The summed E-state index contributed by atoms with van der Waals surface area (Å²) in [6.45, 7) is 6.03. The van der Waals surface area contributed by atoms with Gasteiger partial charge in [0.25, 0.3) is 11.8 Å². The van der Waals surface area contributed by atoms with Crippen LogP contribution >= 0.6 is 0 Å². The normalized spacial score (nSPS) is 20.8. The number of carbonyl (C=O) groups excluding carboxylic acids is 2. The summed E-state index contributed by atoms with van der Waals surface area (Å²) in [5.41, 5.74) is 2.89. The molecule has 170 valence electrons. The third kappa shape index (κ3) is 4.45. The zero-order chi connectivity index (χ0) is 23.0. The van der Waals surface area contributed by atoms with Gasteiger partial charge in [-0.25, -0.2) is 13.8 Å². The zero-order valence-electron chi connectivity index (χ0n) is 18.6. The molecule has 1 unspecified atom stereocenters. The van der Waals surface area contributed by atoms with Gasteiger partial charge in [0.2, 0.25) is 5.91 Å². The number of rotatable bonds is 4. The van der Waals surface area contributed by atoms with Gasteiger partial charge in [0, 0.05) is 66.9 Å². The van der Waals surface area contributed by atoms with E-state index in [0.717, 1.165) is 16.7 Å². The van der Waals surface area contributed by atoms with Crippen LogP contribution in [-0.4, -0.2) is 51.3 Å². The van der Waals surface area contributed by atoms with Crippen molar-refractivity contribution in [3.05, 3.63) is 47.8 Å². The van der Waals surface area contributed by atoms with Crippen molar-refractivity contribution in [2.45, 2.75) is 52.0 Å². The van der Waals surface area contributed by atoms with Crippen molar-refractivity contribution in [2.24, 2.45) is 5.92 Å². The van der Waals surface area contributed by atoms with Gasteiger partial charge in [0.05, 0.1) is 5.56 Å². The Labute approximate surface area is 186 Å². The van der Waals surface area contributed by atoms with Crippen LogP contribution < -0.4 is 5.32 Å². The van der Waals surface area contributed by atoms with E-state index in [-0.39, 0.29) is 49.7 Å². The van der Waals surface area contributed by atoms with E-state index in [1.807, 2.05) is 42.8 Å². The van der Waals surface area contributed by atoms with Gasteiger partial charge in [-0.3, -0.25) is 9.59 Å². The molecule has 1 N–H and O–H groups in total. The molecular weight excluding hydrogens is 414 g/mol. The second kappa shape index (κ2) is 8.48. The maximum Gasteiger partial charge on any atom is 0.255 e. The molecule has 2 aliphatic rings. The van der Waals surface area contributed by atoms with Crippen LogP contribution in [0.2, 0.25) is 0 Å². The van der Waals surface area contributed by atoms with Crippen LogP contribution in [0, 0.1) is 5.92 Å². The van der Waals surface area contributed by atoms with E-state index in [1.54, 1.807) is 6.07 Å². The molecule has 1 fully saturated rings. The molecule has 0 aromatic carbocycles. The Balaban J connectivity index is 1.56. The number of hydrogen-bond donors (Lipinski definition) is 1. The molecule has 3 heterocycles. The summed E-state index contributed by atoms with van der Waals surface area (Å²) in [6, 6.07) is 3.74. The van der Waals surface area contributed by atoms with Crippen LogP contribution in [-0.2, 0) is 4.79 Å². The number of fused-ring (bicyclic) bond motifs is 1. The van der Waals surface area contributed by atoms with Crippen LogP contribution in [0.4, 0.5) is 8.78 Å². The number of nitrogens with one attached hydrogen (secondary N) is 1. The lowest BCUT2D eigenvalue weighted by molar-refractivity contribution is -0.118. The van der Waals surface area contributed by atoms with E-state index < -0.39 is 5.92 Å². The summed E-state index contributed by atoms with van der Waals surface area (Å²) >= 11 is 0. The molecule has 2 aromatic rings. The highest BCUT2D eigenvalue weighted by Gasteiger charge is 2.36. The quantitative estimate of drug-likeness (QED) is 0.770. The maximum atomic E-state index is 13.4. The van der Waals surface area contributed by atoms with E-state index in [2.05, 4.69) is 17.2 Å². The molecule has 1 saturated heterocycles. The Morgan fingerprint density at radius 3 is 2.59 bits per heavy atom. The summed E-state index contributed by atoms with van der Waals surface area (Å²) in [4.78, 5) is 31.1. The molecular formula is C24H28F2N4O2. The minimum absolute atomic E-state index is 0.0451. The van der Waals surface area contributed by atoms with Gasteiger partial charge >= 0.3 is 0 Å². The van der Waals surface area contributed by atoms with Gasteiger partial charge in [-0.05, 0) is 38.5 Å². The summed E-state index contributed by atoms with van der Waals surface area (Å²) in [6.07, 6.45) is 7.23. The number of allylic oxidation sites excluding steroid dienone is 3. The first-order valence-electron chi connectivity index (χ1n) is 11.0. The fraction of sp³-hybridized carbons (Fsp3) is 0.458. The number of alkyl halides is 2. The largest absolute Gasteiger partial charge is 0.350 e. The number of amides is 2. The van der Waals surface area contributed by atoms with Crippen LogP contribution in [0.15, 0.2) is 42.3 Å². The predicted octanol–water partition coefficient (Wildman–Crippen LogP) is 4.24. The molecule has 0 radical (unpaired) electrons. The van der Waals surface area contributed by atoms with E-state index in [0.29, 0.717) is 17.6 Å². The lowest BCUT2D eigenvalue weighted by Gasteiger charge is -2.31. The topological polar surface area (TPSA) is 67.2 Å². The molecule has 2 aromatic heterocycles. The standard InChI is InChI=1S/C24H28F2N4O2/c1-15(2)28-22(31)18-4-5-20(16(3)12-18)30-9-6-17-13-19(14-27-21(17)30)23(32)29-10-7-24(25,26)8-11-29/h4-6,9,13-16H,7-8,10-12H2,1-3H3,(H,28,31). The Kier molecular flexibility index (Phi) is 5.88. The lowest BCUT2D eigenvalue weighted by Crippen LogP contribution is -2.42. The van der Waals surface area contributed by atoms with Crippen molar-refractivity contribution >= 4 is 28.5 Å². The summed E-state index contributed by atoms with van der Waals surface area (Å²) < 4.78 is 28.8. The average Bonchev–Trinajstić information content (AvgIpc) is 3.15. The van der Waals surface area contributed by atoms with E-state index in [1.165, 1.54) is 11.1 Å². The Morgan fingerprint density at radius 2 is 1.94 bits per heavy atom. The SMILES string of the molecule is CC(C)NC(=O)C1=CC=C(n2ccc3cc(C(=O)N4CCC(F)(F)CC4)cnc32)C(C)C1. The van der Waals surface area contributed by atoms with E-state index >= 15 is 0 Å². The molecule has 1 aliphatic heterocycles. The average molecular weight is 443 g/mol. The van der Waals surface area contributed by atoms with Crippen LogP contribution in [0.5, 0.6) is 0 Å². The second-order valence-electron chi connectivity index (χ2n) is 8.99. The van der Waals surface area contributed by atoms with Crippen LogP contribution in [0.25, 0.3) is 16.7 Å². The predicted molar refractivity (Wildman–Crippen MR) is 119 cm³/mol. The lowest BCUT2D eigenvalue weighted by atomic mass is 9.92. The number of halogens is 2. The molecule has 8 heteroatoms. The highest BCUT2D eigenvalue weighted by Crippen LogP contribution is 2.32. The van der Waals surface area contributed by atoms with Crippen molar-refractivity contribution in [3.63, 3.8) is 0 Å². The summed E-state index contributed by atoms with van der Waals surface area (Å²) in [7, 11) is 0. The van der Waals surface area contributed by atoms with Crippen molar-refractivity contribution < 1.29 is 18.4 Å². The number of hydrogen-bond acceptors (Lipinski definition) is 3. The first kappa shape index (κ1) is 22.2. The molecule has 0 bridgehead atoms. The van der Waals surface area contributed by atoms with Gasteiger partial charge in [-0.1, -0.05) is 13.0 Å². The van der Waals surface area contributed by atoms with Gasteiger partial charge < -0.3 is 14.8 Å². The minimum atomic E-state index is -2.69. The highest BCUT2D eigenvalue weighted by atomic mass is 19.3. The number of pyridine rings is 1. The van der Waals surface area contributed by atoms with E-state index in [4.69, 9.17) is 0 Å². The van der Waals surface area contributed by atoms with Crippen molar-refractivity contribution in [2.75, 3.05) is 13.1 Å². The maximum absolute atomic E-state index is 13.4. The fourth-order valence-electron chi connectivity index (χ4n) is 4.26. The number of carbonyl (C=O) groups is 2. The van der Waals surface area contributed by atoms with Gasteiger partial charge in [0.15, 0.2) is 0 Å². The Hall–Kier alpha value is -3.03. The highest BCUT2D eigenvalue weighted by molar-refractivity contribution is 5.98. The number of nitrogens with zero attached hydrogens (tertiary/aromatic N) is 3. The van der Waals surface area contributed by atoms with Crippen molar-refractivity contribution in [3.8, 4) is 0 Å². The third-order valence-corrected chi connectivity index (χ3v) is 6.03. The number of piperidine rings is 1. The first-order chi connectivity index (χ1) is 15.1. The summed E-state index contributed by atoms with van der Waals surface area (Å²) in [5.74, 6) is -2.89. The summed E-state index contributed by atoms with van der Waals surface area (Å²) in [5, 5.41) is 3.73. The monoisotopic (exact) mass is 442 g/mol. The smallest absolute Gasteiger partial charge is 0.255 e. The molecule has 0 saturated carbocycles. The van der Waals surface area contributed by atoms with Gasteiger partial charge in [-0.15, -0.1) is 0 Å². The number of likely N-dealkylation sites (tertiary alicyclic amines) is 1. The minimum Gasteiger partial charge on any atom is -0.350 e. The Bertz CT molecular complexity index is 1110. The fourth-order valence-corrected chi connectivity index (χ4v) is 4.26. The molecule has 32 heavy (non-hydrogen) atoms. The molecule has 1 aliphatic carbocycles. The zero-order valence-corrected chi connectivity index (χ0v) is 18.6. The molecule has 2 amide bonds. The molecule has 4 rings (SSSR count). The van der Waals surface area contributed by atoms with Crippen LogP contribution in [0.3, 0.4) is 0 Å². The van der Waals surface area contributed by atoms with Gasteiger partial charge in [-0.2, -0.15) is 0 Å². The Morgan fingerprint density at radius 1 is 1.22 bits per heavy atom. The molecule has 6 nitrogen and oxygen atoms in total. The molecule has 1 atom stereocenters. The number of aromatic nitrogens is 2. The van der Waals surface area contributed by atoms with Crippen molar-refractivity contribution in [1.29, 1.82) is 0 Å². The van der Waals surface area contributed by atoms with Crippen molar-refractivity contribution in [1.82, 2.24) is 19.8 Å². The van der Waals surface area contributed by atoms with Gasteiger partial charge in [0.1, 0.15) is 5.65 Å².